The van der Waals surface area contributed by atoms with Crippen LogP contribution < -0.4 is 11.5 Å². The maximum Gasteiger partial charge on any atom is 0.339 e. The van der Waals surface area contributed by atoms with Crippen molar-refractivity contribution in [3.05, 3.63) is 58.6 Å². The van der Waals surface area contributed by atoms with Crippen LogP contribution in [0.3, 0.4) is 0 Å². The number of hydrogen-bond acceptors (Lipinski definition) is 8. The highest BCUT2D eigenvalue weighted by Gasteiger charge is 2.12. The fourth-order valence-electron chi connectivity index (χ4n) is 3.09. The number of benzene rings is 2. The molecule has 8 nitrogen and oxygen atoms in total. The number of halogens is 1. The van der Waals surface area contributed by atoms with Crippen LogP contribution in [0.2, 0.25) is 5.02 Å². The third kappa shape index (κ3) is 11.4. The van der Waals surface area contributed by atoms with Gasteiger partial charge in [0, 0.05) is 24.5 Å². The van der Waals surface area contributed by atoms with Gasteiger partial charge < -0.3 is 30.7 Å². The SMILES string of the molecule is CCN(CC)CCOC(=O)c1ccc(N)cc1.CCN(CC)CCOC(=O)c1ccc(N)cc1Cl. The molecule has 0 radical (unpaired) electrons. The molecule has 0 aliphatic carbocycles. The van der Waals surface area contributed by atoms with E-state index in [9.17, 15) is 9.59 Å². The van der Waals surface area contributed by atoms with Crippen molar-refractivity contribution in [2.24, 2.45) is 0 Å². The molecule has 0 heterocycles. The Morgan fingerprint density at radius 3 is 1.66 bits per heavy atom. The molecule has 0 atom stereocenters. The zero-order valence-corrected chi connectivity index (χ0v) is 22.0. The highest BCUT2D eigenvalue weighted by molar-refractivity contribution is 6.33. The Morgan fingerprint density at radius 1 is 0.743 bits per heavy atom. The van der Waals surface area contributed by atoms with E-state index in [1.807, 2.05) is 0 Å². The number of carbonyl (C=O) groups is 2. The first kappa shape index (κ1) is 30.2. The molecular formula is C26H39ClN4O4. The number of esters is 2. The van der Waals surface area contributed by atoms with E-state index in [0.29, 0.717) is 40.7 Å². The Kier molecular flexibility index (Phi) is 14.5. The van der Waals surface area contributed by atoms with Gasteiger partial charge in [-0.25, -0.2) is 9.59 Å². The third-order valence-corrected chi connectivity index (χ3v) is 5.74. The summed E-state index contributed by atoms with van der Waals surface area (Å²) in [5, 5.41) is 0.322. The molecule has 0 aliphatic heterocycles. The summed E-state index contributed by atoms with van der Waals surface area (Å²) in [6.07, 6.45) is 0. The molecule has 0 unspecified atom stereocenters. The molecule has 0 fully saturated rings. The van der Waals surface area contributed by atoms with Gasteiger partial charge in [-0.05, 0) is 68.6 Å². The van der Waals surface area contributed by atoms with Crippen molar-refractivity contribution in [3.8, 4) is 0 Å². The van der Waals surface area contributed by atoms with Gasteiger partial charge in [-0.1, -0.05) is 39.3 Å². The van der Waals surface area contributed by atoms with Crippen LogP contribution in [0.4, 0.5) is 11.4 Å². The smallest absolute Gasteiger partial charge is 0.339 e. The lowest BCUT2D eigenvalue weighted by Crippen LogP contribution is -2.27. The van der Waals surface area contributed by atoms with E-state index in [-0.39, 0.29) is 5.97 Å². The van der Waals surface area contributed by atoms with Crippen molar-refractivity contribution in [1.29, 1.82) is 0 Å². The molecule has 0 aromatic heterocycles. The van der Waals surface area contributed by atoms with Crippen LogP contribution >= 0.6 is 11.6 Å². The van der Waals surface area contributed by atoms with E-state index in [1.54, 1.807) is 42.5 Å². The van der Waals surface area contributed by atoms with Crippen LogP contribution in [0.5, 0.6) is 0 Å². The van der Waals surface area contributed by atoms with Gasteiger partial charge in [0.05, 0.1) is 16.1 Å². The van der Waals surface area contributed by atoms with Crippen molar-refractivity contribution in [2.75, 3.05) is 63.9 Å². The number of nitrogen functional groups attached to an aromatic ring is 2. The van der Waals surface area contributed by atoms with Crippen LogP contribution in [0.1, 0.15) is 48.4 Å². The van der Waals surface area contributed by atoms with Gasteiger partial charge in [-0.15, -0.1) is 0 Å². The highest BCUT2D eigenvalue weighted by Crippen LogP contribution is 2.19. The standard InChI is InChI=1S/C13H19ClN2O2.C13H20N2O2/c1-3-16(4-2)7-8-18-13(17)11-6-5-10(15)9-12(11)14;1-3-15(4-2)9-10-17-13(16)11-5-7-12(14)8-6-11/h5-6,9H,3-4,7-8,15H2,1-2H3;5-8H,3-4,9-10,14H2,1-2H3. The molecule has 2 aromatic rings. The number of hydrogen-bond donors (Lipinski definition) is 2. The van der Waals surface area contributed by atoms with E-state index in [4.69, 9.17) is 32.5 Å². The van der Waals surface area contributed by atoms with Gasteiger partial charge in [0.1, 0.15) is 13.2 Å². The molecule has 4 N–H and O–H groups in total. The largest absolute Gasteiger partial charge is 0.461 e. The van der Waals surface area contributed by atoms with Crippen molar-refractivity contribution < 1.29 is 19.1 Å². The quantitative estimate of drug-likeness (QED) is 0.325. The summed E-state index contributed by atoms with van der Waals surface area (Å²) >= 11 is 5.93. The number of carbonyl (C=O) groups excluding carboxylic acids is 2. The van der Waals surface area contributed by atoms with Crippen LogP contribution in [0, 0.1) is 0 Å². The molecule has 35 heavy (non-hydrogen) atoms. The Morgan fingerprint density at radius 2 is 1.20 bits per heavy atom. The lowest BCUT2D eigenvalue weighted by atomic mass is 10.2. The molecule has 194 valence electrons. The van der Waals surface area contributed by atoms with E-state index >= 15 is 0 Å². The maximum atomic E-state index is 11.8. The van der Waals surface area contributed by atoms with E-state index < -0.39 is 5.97 Å². The topological polar surface area (TPSA) is 111 Å². The number of nitrogens with two attached hydrogens (primary N) is 2. The van der Waals surface area contributed by atoms with Gasteiger partial charge in [-0.2, -0.15) is 0 Å². The Labute approximate surface area is 214 Å². The van der Waals surface area contributed by atoms with Gasteiger partial charge in [0.15, 0.2) is 0 Å². The molecule has 0 bridgehead atoms. The number of anilines is 2. The average molecular weight is 507 g/mol. The summed E-state index contributed by atoms with van der Waals surface area (Å²) in [6, 6.07) is 11.5. The summed E-state index contributed by atoms with van der Waals surface area (Å²) in [7, 11) is 0. The monoisotopic (exact) mass is 506 g/mol. The van der Waals surface area contributed by atoms with Gasteiger partial charge >= 0.3 is 11.9 Å². The summed E-state index contributed by atoms with van der Waals surface area (Å²) in [6.45, 7) is 14.4. The lowest BCUT2D eigenvalue weighted by molar-refractivity contribution is 0.0458. The molecule has 0 aliphatic rings. The second-order valence-electron chi connectivity index (χ2n) is 7.69. The first-order chi connectivity index (χ1) is 16.7. The first-order valence-electron chi connectivity index (χ1n) is 11.9. The predicted octanol–water partition coefficient (Wildman–Crippen LogP) is 4.19. The first-order valence-corrected chi connectivity index (χ1v) is 12.3. The molecule has 2 aromatic carbocycles. The fraction of sp³-hybridized carbons (Fsp3) is 0.462. The third-order valence-electron chi connectivity index (χ3n) is 5.43. The number of likely N-dealkylation sites (N-methyl/N-ethyl adjacent to an activating group) is 2. The molecule has 0 spiro atoms. The number of nitrogens with zero attached hydrogens (tertiary/aromatic N) is 2. The van der Waals surface area contributed by atoms with Crippen molar-refractivity contribution in [2.45, 2.75) is 27.7 Å². The van der Waals surface area contributed by atoms with Gasteiger partial charge in [0.2, 0.25) is 0 Å². The van der Waals surface area contributed by atoms with Gasteiger partial charge in [0.25, 0.3) is 0 Å². The Bertz CT molecular complexity index is 901. The molecule has 0 saturated carbocycles. The highest BCUT2D eigenvalue weighted by atomic mass is 35.5. The van der Waals surface area contributed by atoms with Crippen molar-refractivity contribution in [1.82, 2.24) is 9.80 Å². The number of rotatable bonds is 12. The summed E-state index contributed by atoms with van der Waals surface area (Å²) < 4.78 is 10.4. The second-order valence-corrected chi connectivity index (χ2v) is 8.09. The van der Waals surface area contributed by atoms with E-state index in [0.717, 1.165) is 39.3 Å². The average Bonchev–Trinajstić information content (AvgIpc) is 2.85. The second kappa shape index (κ2) is 16.8. The van der Waals surface area contributed by atoms with E-state index in [2.05, 4.69) is 37.5 Å². The lowest BCUT2D eigenvalue weighted by Gasteiger charge is -2.17. The molecular weight excluding hydrogens is 468 g/mol. The zero-order valence-electron chi connectivity index (χ0n) is 21.3. The summed E-state index contributed by atoms with van der Waals surface area (Å²) in [5.41, 5.74) is 13.2. The number of ether oxygens (including phenoxy) is 2. The molecule has 2 rings (SSSR count). The van der Waals surface area contributed by atoms with Gasteiger partial charge in [-0.3, -0.25) is 0 Å². The molecule has 0 amide bonds. The minimum atomic E-state index is -0.410. The fourth-order valence-corrected chi connectivity index (χ4v) is 3.36. The maximum absolute atomic E-state index is 11.8. The van der Waals surface area contributed by atoms with Crippen LogP contribution in [-0.4, -0.2) is 74.2 Å². The summed E-state index contributed by atoms with van der Waals surface area (Å²) in [4.78, 5) is 27.8. The Balaban J connectivity index is 0.000000351. The summed E-state index contributed by atoms with van der Waals surface area (Å²) in [5.74, 6) is -0.704. The van der Waals surface area contributed by atoms with Crippen LogP contribution in [0.25, 0.3) is 0 Å². The normalized spacial score (nSPS) is 10.6. The van der Waals surface area contributed by atoms with Crippen molar-refractivity contribution in [3.63, 3.8) is 0 Å². The minimum absolute atomic E-state index is 0.294. The van der Waals surface area contributed by atoms with Crippen LogP contribution in [0.15, 0.2) is 42.5 Å². The van der Waals surface area contributed by atoms with E-state index in [1.165, 1.54) is 0 Å². The minimum Gasteiger partial charge on any atom is -0.461 e. The Hall–Kier alpha value is -2.81. The van der Waals surface area contributed by atoms with Crippen molar-refractivity contribution >= 4 is 34.9 Å². The molecule has 0 saturated heterocycles. The predicted molar refractivity (Wildman–Crippen MR) is 143 cm³/mol. The van der Waals surface area contributed by atoms with Crippen LogP contribution in [-0.2, 0) is 9.47 Å². The molecule has 9 heteroatoms. The zero-order chi connectivity index (χ0) is 26.2.